The highest BCUT2D eigenvalue weighted by Gasteiger charge is 2.28. The molecule has 0 spiro atoms. The molecule has 1 aromatic heterocycles. The van der Waals surface area contributed by atoms with Crippen molar-refractivity contribution in [1.82, 2.24) is 14.2 Å². The number of anilines is 1. The van der Waals surface area contributed by atoms with Crippen molar-refractivity contribution in [1.29, 1.82) is 0 Å². The van der Waals surface area contributed by atoms with E-state index in [0.717, 1.165) is 54.5 Å². The van der Waals surface area contributed by atoms with E-state index in [-0.39, 0.29) is 24.3 Å². The molecule has 2 aliphatic heterocycles. The molecule has 0 radical (unpaired) electrons. The summed E-state index contributed by atoms with van der Waals surface area (Å²) >= 11 is 0. The molecule has 2 amide bonds. The van der Waals surface area contributed by atoms with E-state index in [9.17, 15) is 18.0 Å². The summed E-state index contributed by atoms with van der Waals surface area (Å²) in [6, 6.07) is 9.98. The Balaban J connectivity index is 1.62. The standard InChI is InChI=1S/C30H42N4O5S/c1-39-23-30(36)34-16-7-5-3-4-6-15-32(29(35)19-24-12-17-33(18-13-24)40(2,37)38)22-27-20-25(10-11-28(27)34)26-9-8-14-31-21-26/h8-11,14,20-21,24H,3-7,12-13,15-19,22-23H2,1-2H3. The van der Waals surface area contributed by atoms with Crippen molar-refractivity contribution in [2.24, 2.45) is 5.92 Å². The average molecular weight is 571 g/mol. The highest BCUT2D eigenvalue weighted by Crippen LogP contribution is 2.31. The van der Waals surface area contributed by atoms with Gasteiger partial charge in [-0.05, 0) is 66.5 Å². The normalized spacial score (nSPS) is 18.4. The number of pyridine rings is 1. The van der Waals surface area contributed by atoms with Crippen molar-refractivity contribution in [3.63, 3.8) is 0 Å². The average Bonchev–Trinajstić information content (AvgIpc) is 2.93. The van der Waals surface area contributed by atoms with Gasteiger partial charge < -0.3 is 14.5 Å². The fourth-order valence-electron chi connectivity index (χ4n) is 5.69. The van der Waals surface area contributed by atoms with Gasteiger partial charge in [-0.25, -0.2) is 12.7 Å². The summed E-state index contributed by atoms with van der Waals surface area (Å²) in [5.41, 5.74) is 3.70. The van der Waals surface area contributed by atoms with E-state index in [2.05, 4.69) is 11.1 Å². The Morgan fingerprint density at radius 1 is 0.950 bits per heavy atom. The van der Waals surface area contributed by atoms with Crippen LogP contribution in [0.2, 0.25) is 0 Å². The number of amides is 2. The van der Waals surface area contributed by atoms with E-state index >= 15 is 0 Å². The molecule has 0 aliphatic carbocycles. The number of hydrogen-bond donors (Lipinski definition) is 0. The number of rotatable bonds is 6. The molecule has 0 saturated carbocycles. The summed E-state index contributed by atoms with van der Waals surface area (Å²) in [5, 5.41) is 0. The Bertz CT molecular complexity index is 1250. The second-order valence-electron chi connectivity index (χ2n) is 11.0. The van der Waals surface area contributed by atoms with E-state index in [0.29, 0.717) is 52.0 Å². The predicted molar refractivity (Wildman–Crippen MR) is 156 cm³/mol. The van der Waals surface area contributed by atoms with E-state index in [1.165, 1.54) is 17.7 Å². The van der Waals surface area contributed by atoms with Gasteiger partial charge in [-0.1, -0.05) is 31.4 Å². The lowest BCUT2D eigenvalue weighted by molar-refractivity contribution is -0.133. The fraction of sp³-hybridized carbons (Fsp3) is 0.567. The summed E-state index contributed by atoms with van der Waals surface area (Å²) in [4.78, 5) is 34.9. The Morgan fingerprint density at radius 2 is 1.68 bits per heavy atom. The van der Waals surface area contributed by atoms with E-state index in [4.69, 9.17) is 4.74 Å². The molecule has 2 aliphatic rings. The summed E-state index contributed by atoms with van der Waals surface area (Å²) in [7, 11) is -1.68. The van der Waals surface area contributed by atoms with Crippen molar-refractivity contribution in [2.45, 2.75) is 57.9 Å². The number of carbonyl (C=O) groups excluding carboxylic acids is 2. The van der Waals surface area contributed by atoms with Gasteiger partial charge in [0.1, 0.15) is 6.61 Å². The minimum absolute atomic E-state index is 0.00137. The largest absolute Gasteiger partial charge is 0.375 e. The molecular formula is C30H42N4O5S. The Kier molecular flexibility index (Phi) is 10.7. The van der Waals surface area contributed by atoms with Crippen LogP contribution in [-0.2, 0) is 30.9 Å². The number of carbonyl (C=O) groups is 2. The third kappa shape index (κ3) is 8.11. The molecule has 0 bridgehead atoms. The molecule has 10 heteroatoms. The van der Waals surface area contributed by atoms with Crippen molar-refractivity contribution in [2.75, 3.05) is 51.1 Å². The lowest BCUT2D eigenvalue weighted by Gasteiger charge is -2.33. The first kappa shape index (κ1) is 30.1. The molecule has 218 valence electrons. The van der Waals surface area contributed by atoms with E-state index in [1.54, 1.807) is 6.20 Å². The zero-order valence-corrected chi connectivity index (χ0v) is 24.6. The van der Waals surface area contributed by atoms with Gasteiger partial charge in [0.05, 0.1) is 6.26 Å². The van der Waals surface area contributed by atoms with Crippen LogP contribution in [0, 0.1) is 5.92 Å². The van der Waals surface area contributed by atoms with Gasteiger partial charge >= 0.3 is 0 Å². The molecule has 0 atom stereocenters. The summed E-state index contributed by atoms with van der Waals surface area (Å²) < 4.78 is 30.6. The molecule has 1 aromatic carbocycles. The van der Waals surface area contributed by atoms with Crippen molar-refractivity contribution in [3.05, 3.63) is 48.3 Å². The number of benzene rings is 1. The highest BCUT2D eigenvalue weighted by molar-refractivity contribution is 7.88. The fourth-order valence-corrected chi connectivity index (χ4v) is 6.57. The van der Waals surface area contributed by atoms with Gasteiger partial charge in [0.25, 0.3) is 5.91 Å². The number of ether oxygens (including phenoxy) is 1. The molecule has 40 heavy (non-hydrogen) atoms. The third-order valence-electron chi connectivity index (χ3n) is 7.96. The monoisotopic (exact) mass is 570 g/mol. The van der Waals surface area contributed by atoms with Gasteiger partial charge in [-0.15, -0.1) is 0 Å². The Morgan fingerprint density at radius 3 is 2.35 bits per heavy atom. The molecule has 9 nitrogen and oxygen atoms in total. The van der Waals surface area contributed by atoms with Crippen LogP contribution >= 0.6 is 0 Å². The Labute approximate surface area is 238 Å². The quantitative estimate of drug-likeness (QED) is 0.519. The van der Waals surface area contributed by atoms with Crippen LogP contribution in [0.25, 0.3) is 11.1 Å². The van der Waals surface area contributed by atoms with E-state index < -0.39 is 10.0 Å². The number of methoxy groups -OCH3 is 1. The minimum atomic E-state index is -3.21. The molecule has 1 fully saturated rings. The van der Waals surface area contributed by atoms with Crippen LogP contribution < -0.4 is 4.90 Å². The molecule has 3 heterocycles. The van der Waals surface area contributed by atoms with Crippen molar-refractivity contribution >= 4 is 27.5 Å². The Hall–Kier alpha value is -2.82. The third-order valence-corrected chi connectivity index (χ3v) is 9.27. The maximum atomic E-state index is 13.7. The molecule has 2 aromatic rings. The molecule has 0 unspecified atom stereocenters. The van der Waals surface area contributed by atoms with Crippen LogP contribution in [0.1, 0.15) is 56.9 Å². The summed E-state index contributed by atoms with van der Waals surface area (Å²) in [5.74, 6) is 0.153. The number of hydrogen-bond acceptors (Lipinski definition) is 6. The lowest BCUT2D eigenvalue weighted by atomic mass is 9.93. The number of piperidine rings is 1. The van der Waals surface area contributed by atoms with Gasteiger partial charge in [0.15, 0.2) is 0 Å². The second kappa shape index (κ2) is 14.2. The SMILES string of the molecule is COCC(=O)N1CCCCCCCN(C(=O)CC2CCN(S(C)(=O)=O)CC2)Cc2cc(-c3cccnc3)ccc21. The number of nitrogens with zero attached hydrogens (tertiary/aromatic N) is 4. The smallest absolute Gasteiger partial charge is 0.252 e. The molecule has 4 rings (SSSR count). The molecule has 0 N–H and O–H groups in total. The first-order chi connectivity index (χ1) is 19.3. The van der Waals surface area contributed by atoms with Gasteiger partial charge in [-0.3, -0.25) is 14.6 Å². The van der Waals surface area contributed by atoms with Gasteiger partial charge in [-0.2, -0.15) is 0 Å². The van der Waals surface area contributed by atoms with Crippen LogP contribution in [0.4, 0.5) is 5.69 Å². The lowest BCUT2D eigenvalue weighted by Crippen LogP contribution is -2.40. The maximum Gasteiger partial charge on any atom is 0.252 e. The molecule has 1 saturated heterocycles. The van der Waals surface area contributed by atoms with Crippen molar-refractivity contribution in [3.8, 4) is 11.1 Å². The molecular weight excluding hydrogens is 528 g/mol. The first-order valence-corrected chi connectivity index (χ1v) is 16.2. The minimum Gasteiger partial charge on any atom is -0.375 e. The predicted octanol–water partition coefficient (Wildman–Crippen LogP) is 4.08. The summed E-state index contributed by atoms with van der Waals surface area (Å²) in [6.45, 7) is 2.59. The topological polar surface area (TPSA) is 100 Å². The highest BCUT2D eigenvalue weighted by atomic mass is 32.2. The van der Waals surface area contributed by atoms with Crippen LogP contribution in [0.15, 0.2) is 42.7 Å². The van der Waals surface area contributed by atoms with Crippen LogP contribution in [0.3, 0.4) is 0 Å². The zero-order valence-electron chi connectivity index (χ0n) is 23.8. The van der Waals surface area contributed by atoms with Gasteiger partial charge in [0, 0.05) is 64.3 Å². The van der Waals surface area contributed by atoms with Crippen LogP contribution in [-0.4, -0.2) is 80.6 Å². The second-order valence-corrected chi connectivity index (χ2v) is 12.9. The number of sulfonamides is 1. The number of fused-ring (bicyclic) bond motifs is 1. The number of aromatic nitrogens is 1. The zero-order chi connectivity index (χ0) is 28.5. The maximum absolute atomic E-state index is 13.7. The summed E-state index contributed by atoms with van der Waals surface area (Å²) in [6.07, 6.45) is 11.5. The van der Waals surface area contributed by atoms with Crippen molar-refractivity contribution < 1.29 is 22.7 Å². The van der Waals surface area contributed by atoms with Crippen LogP contribution in [0.5, 0.6) is 0 Å². The first-order valence-electron chi connectivity index (χ1n) is 14.3. The van der Waals surface area contributed by atoms with E-state index in [1.807, 2.05) is 40.3 Å². The van der Waals surface area contributed by atoms with Gasteiger partial charge in [0.2, 0.25) is 15.9 Å².